The molecule has 1 aliphatic heterocycles. The summed E-state index contributed by atoms with van der Waals surface area (Å²) < 4.78 is 81.0. The van der Waals surface area contributed by atoms with E-state index in [0.29, 0.717) is 22.3 Å². The Balaban J connectivity index is 1.21. The fourth-order valence-electron chi connectivity index (χ4n) is 6.74. The summed E-state index contributed by atoms with van der Waals surface area (Å²) in [5, 5.41) is 21.1. The summed E-state index contributed by atoms with van der Waals surface area (Å²) in [6.07, 6.45) is -1.54. The van der Waals surface area contributed by atoms with Crippen molar-refractivity contribution in [2.45, 2.75) is 76.1 Å². The average Bonchev–Trinajstić information content (AvgIpc) is 3.82. The molecule has 0 unspecified atom stereocenters. The third-order valence-corrected chi connectivity index (χ3v) is 9.25. The second-order valence-corrected chi connectivity index (χ2v) is 12.6. The van der Waals surface area contributed by atoms with Crippen LogP contribution in [0, 0.1) is 18.3 Å². The summed E-state index contributed by atoms with van der Waals surface area (Å²) >= 11 is 0. The second-order valence-electron chi connectivity index (χ2n) is 12.6. The zero-order valence-corrected chi connectivity index (χ0v) is 25.3. The van der Waals surface area contributed by atoms with E-state index < -0.39 is 53.8 Å². The highest BCUT2D eigenvalue weighted by molar-refractivity contribution is 5.93. The number of nitrogens with zero attached hydrogens (tertiary/aromatic N) is 7. The van der Waals surface area contributed by atoms with Crippen molar-refractivity contribution in [2.24, 2.45) is 11.3 Å². The number of carbonyl (C=O) groups is 2. The second kappa shape index (κ2) is 11.6. The molecule has 5 aromatic heterocycles. The highest BCUT2D eigenvalue weighted by Gasteiger charge is 2.56. The van der Waals surface area contributed by atoms with Crippen LogP contribution < -0.4 is 10.6 Å². The van der Waals surface area contributed by atoms with Gasteiger partial charge in [0.1, 0.15) is 11.7 Å². The Labute approximate surface area is 267 Å². The minimum Gasteiger partial charge on any atom is -0.344 e. The first-order valence-corrected chi connectivity index (χ1v) is 15.2. The van der Waals surface area contributed by atoms with Crippen LogP contribution in [0.25, 0.3) is 16.7 Å². The van der Waals surface area contributed by atoms with E-state index in [1.165, 1.54) is 23.8 Å². The Morgan fingerprint density at radius 2 is 1.98 bits per heavy atom. The molecule has 7 rings (SSSR count). The van der Waals surface area contributed by atoms with Gasteiger partial charge in [-0.1, -0.05) is 10.3 Å². The molecule has 0 aromatic carbocycles. The Hall–Kier alpha value is -5.03. The molecule has 2 aliphatic rings. The van der Waals surface area contributed by atoms with Gasteiger partial charge in [0.05, 0.1) is 40.6 Å². The molecule has 18 heteroatoms. The Morgan fingerprint density at radius 1 is 1.19 bits per heavy atom. The zero-order chi connectivity index (χ0) is 33.8. The molecule has 1 aliphatic carbocycles. The van der Waals surface area contributed by atoms with Gasteiger partial charge < -0.3 is 15.2 Å². The summed E-state index contributed by atoms with van der Waals surface area (Å²) in [5.74, 6) is -4.61. The first kappa shape index (κ1) is 31.6. The molecule has 1 saturated carbocycles. The Bertz CT molecular complexity index is 2000. The van der Waals surface area contributed by atoms with E-state index in [-0.39, 0.29) is 61.3 Å². The third-order valence-electron chi connectivity index (χ3n) is 9.25. The molecule has 1 saturated heterocycles. The van der Waals surface area contributed by atoms with Gasteiger partial charge in [-0.2, -0.15) is 18.3 Å². The molecule has 2 fully saturated rings. The molecule has 3 atom stereocenters. The number of aryl methyl sites for hydroxylation is 1. The summed E-state index contributed by atoms with van der Waals surface area (Å²) in [7, 11) is 0. The van der Waals surface area contributed by atoms with Crippen molar-refractivity contribution >= 4 is 28.6 Å². The van der Waals surface area contributed by atoms with E-state index in [4.69, 9.17) is 4.52 Å². The van der Waals surface area contributed by atoms with Crippen LogP contribution in [0.2, 0.25) is 0 Å². The molecule has 0 radical (unpaired) electrons. The maximum absolute atomic E-state index is 14.1. The normalized spacial score (nSPS) is 22.3. The van der Waals surface area contributed by atoms with Gasteiger partial charge >= 0.3 is 6.18 Å². The predicted molar refractivity (Wildman–Crippen MR) is 153 cm³/mol. The number of nitrogens with one attached hydrogen (secondary N) is 2. The maximum Gasteiger partial charge on any atom is 0.408 e. The number of hydrogen-bond donors (Lipinski definition) is 2. The van der Waals surface area contributed by atoms with Crippen molar-refractivity contribution in [3.63, 3.8) is 0 Å². The zero-order valence-electron chi connectivity index (χ0n) is 25.3. The van der Waals surface area contributed by atoms with Gasteiger partial charge in [-0.05, 0) is 67.4 Å². The first-order valence-electron chi connectivity index (χ1n) is 15.2. The largest absolute Gasteiger partial charge is 0.408 e. The molecule has 5 aromatic rings. The van der Waals surface area contributed by atoms with Crippen molar-refractivity contribution in [3.05, 3.63) is 65.1 Å². The predicted octanol–water partition coefficient (Wildman–Crippen LogP) is 4.48. The van der Waals surface area contributed by atoms with Crippen LogP contribution >= 0.6 is 0 Å². The van der Waals surface area contributed by atoms with Crippen molar-refractivity contribution in [3.8, 4) is 0 Å². The number of aromatic nitrogens is 7. The molecule has 13 nitrogen and oxygen atoms in total. The number of imidazole rings is 1. The Morgan fingerprint density at radius 3 is 2.69 bits per heavy atom. The van der Waals surface area contributed by atoms with Gasteiger partial charge in [-0.3, -0.25) is 9.59 Å². The van der Waals surface area contributed by atoms with Gasteiger partial charge in [0.2, 0.25) is 11.8 Å². The van der Waals surface area contributed by atoms with Gasteiger partial charge in [-0.15, -0.1) is 0 Å². The molecular formula is C30H28F5N9O4. The molecule has 252 valence electrons. The minimum absolute atomic E-state index is 0.0571. The average molecular weight is 674 g/mol. The van der Waals surface area contributed by atoms with Crippen molar-refractivity contribution < 1.29 is 40.7 Å². The lowest BCUT2D eigenvalue weighted by atomic mass is 9.75. The number of pyridine rings is 1. The van der Waals surface area contributed by atoms with Crippen molar-refractivity contribution in [1.29, 1.82) is 0 Å². The van der Waals surface area contributed by atoms with E-state index >= 15 is 0 Å². The van der Waals surface area contributed by atoms with Gasteiger partial charge in [0.25, 0.3) is 11.6 Å². The van der Waals surface area contributed by atoms with Crippen LogP contribution in [0.1, 0.15) is 71.3 Å². The molecular weight excluding hydrogens is 645 g/mol. The summed E-state index contributed by atoms with van der Waals surface area (Å²) in [5.41, 5.74) is 0.146. The monoisotopic (exact) mass is 673 g/mol. The number of hydrogen-bond acceptors (Lipinski definition) is 10. The SMILES string of the molecule is Cc1nonc1C(=O)N[C@H](c1cn2ncc(C[C@@]3(Cc4noc5ncccc45)C[C@@H](C(F)(F)F)NC3=O)cc2n1)C1CCC(F)(F)CC1. The molecule has 2 amide bonds. The van der Waals surface area contributed by atoms with Crippen molar-refractivity contribution in [2.75, 3.05) is 0 Å². The van der Waals surface area contributed by atoms with Crippen LogP contribution in [0.3, 0.4) is 0 Å². The number of alkyl halides is 5. The molecule has 2 N–H and O–H groups in total. The van der Waals surface area contributed by atoms with Gasteiger partial charge in [-0.25, -0.2) is 27.9 Å². The Kier molecular flexibility index (Phi) is 7.62. The van der Waals surface area contributed by atoms with Crippen LogP contribution in [-0.2, 0) is 17.6 Å². The standard InChI is InChI=1S/C30H28F5N9O4/c1-15-23(43-48-41-15)25(45)40-24(17-4-6-29(31,32)7-5-17)20-14-44-22(38-20)9-16(13-37-44)10-28(12-21(30(33,34)35)39-27(28)46)11-19-18-3-2-8-36-26(18)47-42-19/h2-3,8-9,13-14,17,21,24H,4-7,10-12H2,1H3,(H,39,46)(H,40,45)/t21-,24-,28+/m0/s1. The van der Waals surface area contributed by atoms with E-state index in [1.807, 2.05) is 0 Å². The number of amides is 2. The van der Waals surface area contributed by atoms with E-state index in [0.717, 1.165) is 0 Å². The molecule has 0 spiro atoms. The maximum atomic E-state index is 14.1. The quantitative estimate of drug-likeness (QED) is 0.224. The smallest absolute Gasteiger partial charge is 0.344 e. The van der Waals surface area contributed by atoms with Crippen LogP contribution in [0.5, 0.6) is 0 Å². The number of halogens is 5. The first-order chi connectivity index (χ1) is 22.8. The molecule has 48 heavy (non-hydrogen) atoms. The summed E-state index contributed by atoms with van der Waals surface area (Å²) in [4.78, 5) is 35.2. The highest BCUT2D eigenvalue weighted by atomic mass is 19.4. The van der Waals surface area contributed by atoms with Gasteiger partial charge in [0.15, 0.2) is 11.3 Å². The highest BCUT2D eigenvalue weighted by Crippen LogP contribution is 2.44. The summed E-state index contributed by atoms with van der Waals surface area (Å²) in [6.45, 7) is 1.54. The minimum atomic E-state index is -4.67. The number of carbonyl (C=O) groups excluding carboxylic acids is 2. The van der Waals surface area contributed by atoms with Crippen molar-refractivity contribution in [1.82, 2.24) is 45.7 Å². The fourth-order valence-corrected chi connectivity index (χ4v) is 6.74. The number of rotatable bonds is 8. The molecule has 0 bridgehead atoms. The van der Waals surface area contributed by atoms with Crippen LogP contribution in [0.15, 0.2) is 45.9 Å². The summed E-state index contributed by atoms with van der Waals surface area (Å²) in [6, 6.07) is 2.03. The van der Waals surface area contributed by atoms with E-state index in [1.54, 1.807) is 24.4 Å². The molecule has 6 heterocycles. The van der Waals surface area contributed by atoms with E-state index in [9.17, 15) is 31.5 Å². The lowest BCUT2D eigenvalue weighted by Crippen LogP contribution is -2.39. The van der Waals surface area contributed by atoms with E-state index in [2.05, 4.69) is 45.8 Å². The lowest BCUT2D eigenvalue weighted by molar-refractivity contribution is -0.155. The number of fused-ring (bicyclic) bond motifs is 2. The van der Waals surface area contributed by atoms with Gasteiger partial charge in [0, 0.05) is 25.5 Å². The third kappa shape index (κ3) is 5.94. The lowest BCUT2D eigenvalue weighted by Gasteiger charge is -2.33. The fraction of sp³-hybridized carbons (Fsp3) is 0.467. The van der Waals surface area contributed by atoms with Crippen LogP contribution in [0.4, 0.5) is 22.0 Å². The van der Waals surface area contributed by atoms with Crippen LogP contribution in [-0.4, -0.2) is 65.0 Å². The topological polar surface area (TPSA) is 166 Å².